The molecule has 2 aliphatic heterocycles. The van der Waals surface area contributed by atoms with Crippen LogP contribution in [0.4, 0.5) is 8.78 Å². The van der Waals surface area contributed by atoms with Crippen molar-refractivity contribution in [3.8, 4) is 17.1 Å². The Bertz CT molecular complexity index is 1110. The van der Waals surface area contributed by atoms with Crippen molar-refractivity contribution in [2.24, 2.45) is 0 Å². The first-order valence-corrected chi connectivity index (χ1v) is 10.5. The van der Waals surface area contributed by atoms with E-state index in [1.807, 2.05) is 12.1 Å². The van der Waals surface area contributed by atoms with Crippen LogP contribution < -0.4 is 4.74 Å². The third kappa shape index (κ3) is 4.20. The Kier molecular flexibility index (Phi) is 5.57. The number of hydrogen-bond acceptors (Lipinski definition) is 6. The van der Waals surface area contributed by atoms with E-state index >= 15 is 0 Å². The molecule has 2 fully saturated rings. The van der Waals surface area contributed by atoms with Crippen molar-refractivity contribution in [1.29, 1.82) is 0 Å². The summed E-state index contributed by atoms with van der Waals surface area (Å²) < 4.78 is 43.8. The maximum Gasteiger partial charge on any atom is 0.257 e. The van der Waals surface area contributed by atoms with Gasteiger partial charge in [-0.25, -0.2) is 8.78 Å². The predicted octanol–water partition coefficient (Wildman–Crippen LogP) is 3.81. The third-order valence-corrected chi connectivity index (χ3v) is 5.72. The Hall–Kier alpha value is -3.33. The molecule has 1 aromatic heterocycles. The lowest BCUT2D eigenvalue weighted by Gasteiger charge is -2.39. The monoisotopic (exact) mass is 441 g/mol. The van der Waals surface area contributed by atoms with E-state index < -0.39 is 17.5 Å². The lowest BCUT2D eigenvalue weighted by Crippen LogP contribution is -2.56. The number of aromatic nitrogens is 2. The van der Waals surface area contributed by atoms with Crippen LogP contribution in [0.5, 0.6) is 5.75 Å². The fourth-order valence-electron chi connectivity index (χ4n) is 3.85. The highest BCUT2D eigenvalue weighted by Crippen LogP contribution is 2.28. The normalized spacial score (nSPS) is 17.2. The molecule has 0 unspecified atom stereocenters. The highest BCUT2D eigenvalue weighted by Gasteiger charge is 2.34. The van der Waals surface area contributed by atoms with Crippen LogP contribution in [0.3, 0.4) is 0 Å². The summed E-state index contributed by atoms with van der Waals surface area (Å²) in [6, 6.07) is 10.1. The van der Waals surface area contributed by atoms with Gasteiger partial charge in [-0.1, -0.05) is 5.16 Å². The van der Waals surface area contributed by atoms with Gasteiger partial charge in [0.2, 0.25) is 11.7 Å². The van der Waals surface area contributed by atoms with E-state index in [1.165, 1.54) is 4.90 Å². The summed E-state index contributed by atoms with van der Waals surface area (Å²) in [6.45, 7) is 2.01. The minimum absolute atomic E-state index is 0.216. The van der Waals surface area contributed by atoms with Gasteiger partial charge in [-0.3, -0.25) is 4.79 Å². The molecule has 0 saturated carbocycles. The summed E-state index contributed by atoms with van der Waals surface area (Å²) in [5, 5.41) is 4.08. The van der Waals surface area contributed by atoms with Crippen molar-refractivity contribution in [2.75, 3.05) is 26.3 Å². The van der Waals surface area contributed by atoms with Crippen molar-refractivity contribution >= 4 is 5.91 Å². The summed E-state index contributed by atoms with van der Waals surface area (Å²) >= 11 is 0. The van der Waals surface area contributed by atoms with E-state index in [2.05, 4.69) is 10.1 Å². The summed E-state index contributed by atoms with van der Waals surface area (Å²) in [4.78, 5) is 18.3. The van der Waals surface area contributed by atoms with Crippen molar-refractivity contribution in [3.05, 3.63) is 65.6 Å². The minimum Gasteiger partial charge on any atom is -0.487 e. The zero-order chi connectivity index (χ0) is 22.1. The van der Waals surface area contributed by atoms with Crippen LogP contribution in [-0.4, -0.2) is 53.4 Å². The van der Waals surface area contributed by atoms with Crippen molar-refractivity contribution in [3.63, 3.8) is 0 Å². The number of carbonyl (C=O) groups is 1. The van der Waals surface area contributed by atoms with Crippen LogP contribution >= 0.6 is 0 Å². The Morgan fingerprint density at radius 2 is 1.81 bits per heavy atom. The summed E-state index contributed by atoms with van der Waals surface area (Å²) in [6.07, 6.45) is 1.54. The number of amides is 1. The quantitative estimate of drug-likeness (QED) is 0.599. The van der Waals surface area contributed by atoms with Gasteiger partial charge in [-0.2, -0.15) is 4.98 Å². The number of likely N-dealkylation sites (tertiary alicyclic amines) is 1. The molecule has 32 heavy (non-hydrogen) atoms. The first kappa shape index (κ1) is 20.6. The third-order valence-electron chi connectivity index (χ3n) is 5.72. The van der Waals surface area contributed by atoms with Crippen LogP contribution in [0.2, 0.25) is 0 Å². The van der Waals surface area contributed by atoms with E-state index in [4.69, 9.17) is 14.0 Å². The molecule has 0 atom stereocenters. The second-order valence-electron chi connectivity index (χ2n) is 7.94. The van der Waals surface area contributed by atoms with Gasteiger partial charge in [0.15, 0.2) is 0 Å². The highest BCUT2D eigenvalue weighted by atomic mass is 19.1. The number of ether oxygens (including phenoxy) is 2. The van der Waals surface area contributed by atoms with Crippen molar-refractivity contribution in [2.45, 2.75) is 24.9 Å². The van der Waals surface area contributed by atoms with Gasteiger partial charge in [0.05, 0.1) is 18.7 Å². The molecule has 0 bridgehead atoms. The van der Waals surface area contributed by atoms with Crippen molar-refractivity contribution in [1.82, 2.24) is 15.0 Å². The number of hydrogen-bond donors (Lipinski definition) is 0. The lowest BCUT2D eigenvalue weighted by atomic mass is 10.0. The molecular formula is C23H21F2N3O4. The van der Waals surface area contributed by atoms with Crippen LogP contribution in [0.25, 0.3) is 11.4 Å². The Balaban J connectivity index is 1.16. The minimum atomic E-state index is -0.738. The Labute approximate surface area is 182 Å². The smallest absolute Gasteiger partial charge is 0.257 e. The van der Waals surface area contributed by atoms with Gasteiger partial charge in [-0.05, 0) is 55.3 Å². The second kappa shape index (κ2) is 8.66. The van der Waals surface area contributed by atoms with Gasteiger partial charge in [-0.15, -0.1) is 0 Å². The van der Waals surface area contributed by atoms with Gasteiger partial charge in [0, 0.05) is 24.7 Å². The number of nitrogens with zero attached hydrogens (tertiary/aromatic N) is 3. The first-order chi connectivity index (χ1) is 15.6. The molecule has 2 aliphatic rings. The Morgan fingerprint density at radius 3 is 2.56 bits per heavy atom. The molecular weight excluding hydrogens is 420 g/mol. The van der Waals surface area contributed by atoms with Gasteiger partial charge in [0.25, 0.3) is 5.91 Å². The molecule has 3 heterocycles. The summed E-state index contributed by atoms with van der Waals surface area (Å²) in [5.74, 6) is 0.0962. The zero-order valence-electron chi connectivity index (χ0n) is 17.2. The van der Waals surface area contributed by atoms with E-state index in [9.17, 15) is 13.6 Å². The SMILES string of the molecule is O=C(c1cc(F)ccc1F)N1CC(Oc2ccc(-c3noc(C4CCOCC4)n3)cc2)C1. The first-order valence-electron chi connectivity index (χ1n) is 10.5. The second-order valence-corrected chi connectivity index (χ2v) is 7.94. The molecule has 0 aliphatic carbocycles. The highest BCUT2D eigenvalue weighted by molar-refractivity contribution is 5.95. The fourth-order valence-corrected chi connectivity index (χ4v) is 3.85. The molecule has 1 amide bonds. The van der Waals surface area contributed by atoms with Gasteiger partial charge < -0.3 is 18.9 Å². The summed E-state index contributed by atoms with van der Waals surface area (Å²) in [7, 11) is 0. The molecule has 0 radical (unpaired) electrons. The molecule has 9 heteroatoms. The largest absolute Gasteiger partial charge is 0.487 e. The van der Waals surface area contributed by atoms with Gasteiger partial charge >= 0.3 is 0 Å². The standard InChI is InChI=1S/C23H21F2N3O4/c24-16-3-6-20(25)19(11-16)23(29)28-12-18(13-28)31-17-4-1-14(2-5-17)21-26-22(32-27-21)15-7-9-30-10-8-15/h1-6,11,15,18H,7-10,12-13H2. The molecule has 0 spiro atoms. The number of carbonyl (C=O) groups excluding carboxylic acids is 1. The molecule has 5 rings (SSSR count). The van der Waals surface area contributed by atoms with Crippen LogP contribution in [0.15, 0.2) is 47.0 Å². The average Bonchev–Trinajstić information content (AvgIpc) is 3.28. The van der Waals surface area contributed by atoms with Crippen LogP contribution in [-0.2, 0) is 4.74 Å². The predicted molar refractivity (Wildman–Crippen MR) is 109 cm³/mol. The van der Waals surface area contributed by atoms with Gasteiger partial charge in [0.1, 0.15) is 23.5 Å². The Morgan fingerprint density at radius 1 is 1.06 bits per heavy atom. The number of rotatable bonds is 5. The fraction of sp³-hybridized carbons (Fsp3) is 0.348. The van der Waals surface area contributed by atoms with E-state index in [1.54, 1.807) is 12.1 Å². The van der Waals surface area contributed by atoms with Crippen LogP contribution in [0, 0.1) is 11.6 Å². The molecule has 166 valence electrons. The molecule has 2 aromatic carbocycles. The summed E-state index contributed by atoms with van der Waals surface area (Å²) in [5.41, 5.74) is 0.541. The van der Waals surface area contributed by atoms with E-state index in [0.717, 1.165) is 36.6 Å². The molecule has 3 aromatic rings. The zero-order valence-corrected chi connectivity index (χ0v) is 17.2. The molecule has 0 N–H and O–H groups in total. The topological polar surface area (TPSA) is 77.7 Å². The number of benzene rings is 2. The van der Waals surface area contributed by atoms with E-state index in [-0.39, 0.29) is 17.6 Å². The van der Waals surface area contributed by atoms with Crippen molar-refractivity contribution < 1.29 is 27.6 Å². The number of halogens is 2. The average molecular weight is 441 g/mol. The van der Waals surface area contributed by atoms with Crippen LogP contribution in [0.1, 0.15) is 35.0 Å². The maximum atomic E-state index is 13.8. The lowest BCUT2D eigenvalue weighted by molar-refractivity contribution is 0.0174. The maximum absolute atomic E-state index is 13.8. The molecule has 7 nitrogen and oxygen atoms in total. The molecule has 2 saturated heterocycles. The van der Waals surface area contributed by atoms with E-state index in [0.29, 0.717) is 43.8 Å².